The van der Waals surface area contributed by atoms with Gasteiger partial charge in [0.25, 0.3) is 0 Å². The zero-order valence-electron chi connectivity index (χ0n) is 15.1. The molecule has 0 bridgehead atoms. The van der Waals surface area contributed by atoms with Crippen LogP contribution in [0.4, 0.5) is 0 Å². The van der Waals surface area contributed by atoms with E-state index < -0.39 is 0 Å². The van der Waals surface area contributed by atoms with E-state index >= 15 is 0 Å². The maximum Gasteiger partial charge on any atom is 0.243 e. The highest BCUT2D eigenvalue weighted by Crippen LogP contribution is 2.38. The molecule has 0 saturated heterocycles. The summed E-state index contributed by atoms with van der Waals surface area (Å²) in [6.45, 7) is 4.19. The van der Waals surface area contributed by atoms with Crippen LogP contribution in [-0.2, 0) is 7.05 Å². The second-order valence-corrected chi connectivity index (χ2v) is 6.97. The fourth-order valence-electron chi connectivity index (χ4n) is 3.76. The second-order valence-electron chi connectivity index (χ2n) is 6.97. The van der Waals surface area contributed by atoms with E-state index in [-0.39, 0.29) is 0 Å². The third kappa shape index (κ3) is 2.14. The van der Waals surface area contributed by atoms with Gasteiger partial charge >= 0.3 is 0 Å². The average molecular weight is 339 g/mol. The van der Waals surface area contributed by atoms with Crippen LogP contribution in [-0.4, -0.2) is 5.10 Å². The molecule has 0 fully saturated rings. The molecular weight excluding hydrogens is 320 g/mol. The zero-order chi connectivity index (χ0) is 17.8. The van der Waals surface area contributed by atoms with Crippen LogP contribution in [0, 0.1) is 13.8 Å². The molecule has 126 valence electrons. The van der Waals surface area contributed by atoms with Crippen molar-refractivity contribution in [3.63, 3.8) is 0 Å². The van der Waals surface area contributed by atoms with Gasteiger partial charge in [-0.1, -0.05) is 41.1 Å². The summed E-state index contributed by atoms with van der Waals surface area (Å²) < 4.78 is 8.30. The van der Waals surface area contributed by atoms with E-state index in [0.29, 0.717) is 0 Å². The van der Waals surface area contributed by atoms with E-state index in [0.717, 1.165) is 38.8 Å². The molecule has 0 aliphatic rings. The molecule has 2 heterocycles. The summed E-state index contributed by atoms with van der Waals surface area (Å²) in [6.07, 6.45) is 1.88. The summed E-state index contributed by atoms with van der Waals surface area (Å²) >= 11 is 0. The Morgan fingerprint density at radius 1 is 0.885 bits per heavy atom. The van der Waals surface area contributed by atoms with Gasteiger partial charge in [0.05, 0.1) is 11.8 Å². The fraction of sp³-hybridized carbons (Fsp3) is 0.130. The smallest absolute Gasteiger partial charge is 0.243 e. The second kappa shape index (κ2) is 5.40. The Morgan fingerprint density at radius 3 is 2.46 bits per heavy atom. The molecule has 0 unspecified atom stereocenters. The first kappa shape index (κ1) is 15.1. The summed E-state index contributed by atoms with van der Waals surface area (Å²) in [6, 6.07) is 19.3. The maximum absolute atomic E-state index is 6.38. The summed E-state index contributed by atoms with van der Waals surface area (Å²) in [5.74, 6) is 0. The number of benzene rings is 3. The molecule has 0 radical (unpaired) electrons. The monoisotopic (exact) mass is 339 g/mol. The quantitative estimate of drug-likeness (QED) is 0.391. The maximum atomic E-state index is 6.38. The molecule has 0 amide bonds. The fourth-order valence-corrected chi connectivity index (χ4v) is 3.76. The Balaban J connectivity index is 1.93. The minimum atomic E-state index is 0.925. The third-order valence-corrected chi connectivity index (χ3v) is 5.12. The van der Waals surface area contributed by atoms with Gasteiger partial charge in [0.15, 0.2) is 7.05 Å². The Labute approximate surface area is 151 Å². The van der Waals surface area contributed by atoms with E-state index in [4.69, 9.17) is 4.42 Å². The van der Waals surface area contributed by atoms with E-state index in [1.54, 1.807) is 0 Å². The molecule has 2 aromatic heterocycles. The normalized spacial score (nSPS) is 11.7. The van der Waals surface area contributed by atoms with Gasteiger partial charge in [-0.3, -0.25) is 0 Å². The first-order chi connectivity index (χ1) is 12.6. The SMILES string of the molecule is Cc1cn[n+](C)c(-c2c(C)ccc3c2oc2cc4ccccc4cc23)c1. The van der Waals surface area contributed by atoms with Gasteiger partial charge in [-0.05, 0) is 53.0 Å². The van der Waals surface area contributed by atoms with Gasteiger partial charge in [0, 0.05) is 16.8 Å². The lowest BCUT2D eigenvalue weighted by molar-refractivity contribution is -0.720. The van der Waals surface area contributed by atoms with Gasteiger partial charge in [0.1, 0.15) is 11.2 Å². The van der Waals surface area contributed by atoms with Crippen molar-refractivity contribution in [2.24, 2.45) is 7.05 Å². The van der Waals surface area contributed by atoms with Crippen molar-refractivity contribution < 1.29 is 9.10 Å². The van der Waals surface area contributed by atoms with E-state index in [1.807, 2.05) is 17.9 Å². The Bertz CT molecular complexity index is 1310. The van der Waals surface area contributed by atoms with Crippen molar-refractivity contribution in [1.82, 2.24) is 5.10 Å². The van der Waals surface area contributed by atoms with Crippen LogP contribution in [0.3, 0.4) is 0 Å². The molecule has 0 aliphatic heterocycles. The summed E-state index contributed by atoms with van der Waals surface area (Å²) in [5, 5.41) is 9.20. The van der Waals surface area contributed by atoms with Crippen LogP contribution in [0.25, 0.3) is 44.0 Å². The molecule has 0 N–H and O–H groups in total. The number of hydrogen-bond donors (Lipinski definition) is 0. The topological polar surface area (TPSA) is 29.9 Å². The number of nitrogens with zero attached hydrogens (tertiary/aromatic N) is 2. The highest BCUT2D eigenvalue weighted by molar-refractivity contribution is 6.13. The van der Waals surface area contributed by atoms with Crippen LogP contribution < -0.4 is 4.68 Å². The van der Waals surface area contributed by atoms with Crippen molar-refractivity contribution in [2.75, 3.05) is 0 Å². The minimum absolute atomic E-state index is 0.925. The highest BCUT2D eigenvalue weighted by atomic mass is 16.3. The lowest BCUT2D eigenvalue weighted by atomic mass is 9.99. The number of aromatic nitrogens is 2. The molecule has 26 heavy (non-hydrogen) atoms. The largest absolute Gasteiger partial charge is 0.455 e. The average Bonchev–Trinajstić information content (AvgIpc) is 2.99. The summed E-state index contributed by atoms with van der Waals surface area (Å²) in [5.41, 5.74) is 6.35. The third-order valence-electron chi connectivity index (χ3n) is 5.12. The van der Waals surface area contributed by atoms with Crippen LogP contribution in [0.15, 0.2) is 65.2 Å². The standard InChI is InChI=1S/C23H19N2O/c1-14-10-20(25(3)24-13-14)22-15(2)8-9-18-19-11-16-6-4-5-7-17(16)12-21(19)26-23(18)22/h4-13H,1-3H3/q+1. The molecule has 5 rings (SSSR count). The van der Waals surface area contributed by atoms with Gasteiger partial charge in [-0.25, -0.2) is 0 Å². The predicted octanol–water partition coefficient (Wildman–Crippen LogP) is 5.24. The molecule has 0 aliphatic carbocycles. The Hall–Kier alpha value is -3.20. The van der Waals surface area contributed by atoms with Gasteiger partial charge < -0.3 is 4.42 Å². The molecule has 3 heteroatoms. The summed E-state index contributed by atoms with van der Waals surface area (Å²) in [4.78, 5) is 0. The van der Waals surface area contributed by atoms with E-state index in [9.17, 15) is 0 Å². The van der Waals surface area contributed by atoms with E-state index in [1.165, 1.54) is 16.3 Å². The van der Waals surface area contributed by atoms with Gasteiger partial charge in [0.2, 0.25) is 5.69 Å². The van der Waals surface area contributed by atoms with Crippen LogP contribution in [0.1, 0.15) is 11.1 Å². The molecule has 5 aromatic rings. The molecule has 0 spiro atoms. The number of hydrogen-bond acceptors (Lipinski definition) is 2. The molecule has 3 aromatic carbocycles. The zero-order valence-corrected chi connectivity index (χ0v) is 15.1. The van der Waals surface area contributed by atoms with Crippen molar-refractivity contribution in [3.8, 4) is 11.3 Å². The molecule has 3 nitrogen and oxygen atoms in total. The van der Waals surface area contributed by atoms with Gasteiger partial charge in [-0.15, -0.1) is 0 Å². The van der Waals surface area contributed by atoms with Crippen molar-refractivity contribution >= 4 is 32.7 Å². The Morgan fingerprint density at radius 2 is 1.65 bits per heavy atom. The van der Waals surface area contributed by atoms with E-state index in [2.05, 4.69) is 73.5 Å². The van der Waals surface area contributed by atoms with Crippen molar-refractivity contribution in [1.29, 1.82) is 0 Å². The van der Waals surface area contributed by atoms with Crippen molar-refractivity contribution in [2.45, 2.75) is 13.8 Å². The van der Waals surface area contributed by atoms with Gasteiger partial charge in [-0.2, -0.15) is 0 Å². The number of aryl methyl sites for hydroxylation is 3. The lowest BCUT2D eigenvalue weighted by Crippen LogP contribution is -2.35. The number of rotatable bonds is 1. The molecule has 0 atom stereocenters. The highest BCUT2D eigenvalue weighted by Gasteiger charge is 2.21. The predicted molar refractivity (Wildman–Crippen MR) is 105 cm³/mol. The number of fused-ring (bicyclic) bond motifs is 4. The van der Waals surface area contributed by atoms with Crippen LogP contribution in [0.2, 0.25) is 0 Å². The van der Waals surface area contributed by atoms with Crippen molar-refractivity contribution in [3.05, 3.63) is 71.9 Å². The minimum Gasteiger partial charge on any atom is -0.455 e. The molecular formula is C23H19N2O+. The lowest BCUT2D eigenvalue weighted by Gasteiger charge is -2.04. The molecule has 0 saturated carbocycles. The first-order valence-corrected chi connectivity index (χ1v) is 8.80. The Kier molecular flexibility index (Phi) is 3.13. The first-order valence-electron chi connectivity index (χ1n) is 8.80. The van der Waals surface area contributed by atoms with Crippen LogP contribution in [0.5, 0.6) is 0 Å². The summed E-state index contributed by atoms with van der Waals surface area (Å²) in [7, 11) is 1.98. The van der Waals surface area contributed by atoms with Crippen LogP contribution >= 0.6 is 0 Å². The number of furan rings is 1.